The molecule has 0 saturated carbocycles. The van der Waals surface area contributed by atoms with Gasteiger partial charge in [0.1, 0.15) is 0 Å². The lowest BCUT2D eigenvalue weighted by molar-refractivity contribution is 0.424. The van der Waals surface area contributed by atoms with Gasteiger partial charge in [0.25, 0.3) is 0 Å². The quantitative estimate of drug-likeness (QED) is 0.843. The minimum atomic E-state index is -3.50. The van der Waals surface area contributed by atoms with Gasteiger partial charge in [0.2, 0.25) is 10.0 Å². The van der Waals surface area contributed by atoms with Crippen LogP contribution in [0.25, 0.3) is 0 Å². The van der Waals surface area contributed by atoms with E-state index in [0.29, 0.717) is 6.54 Å². The van der Waals surface area contributed by atoms with Gasteiger partial charge in [-0.25, -0.2) is 13.1 Å². The van der Waals surface area contributed by atoms with Crippen LogP contribution in [0.2, 0.25) is 0 Å². The van der Waals surface area contributed by atoms with Crippen LogP contribution in [-0.2, 0) is 23.1 Å². The molecule has 0 radical (unpaired) electrons. The molecule has 0 aliphatic carbocycles. The smallest absolute Gasteiger partial charge is 0.240 e. The van der Waals surface area contributed by atoms with E-state index < -0.39 is 10.0 Å². The summed E-state index contributed by atoms with van der Waals surface area (Å²) in [4.78, 5) is 0.286. The molecule has 0 fully saturated rings. The number of rotatable bonds is 6. The third-order valence-corrected chi connectivity index (χ3v) is 5.06. The van der Waals surface area contributed by atoms with E-state index in [4.69, 9.17) is 0 Å². The van der Waals surface area contributed by atoms with Gasteiger partial charge >= 0.3 is 0 Å². The zero-order chi connectivity index (χ0) is 17.8. The highest BCUT2D eigenvalue weighted by atomic mass is 32.2. The first-order valence-corrected chi connectivity index (χ1v) is 9.53. The first kappa shape index (κ1) is 18.6. The van der Waals surface area contributed by atoms with Gasteiger partial charge in [-0.2, -0.15) is 0 Å². The summed E-state index contributed by atoms with van der Waals surface area (Å²) in [6.07, 6.45) is 0. The molecule has 0 spiro atoms. The second-order valence-electron chi connectivity index (χ2n) is 7.06. The Morgan fingerprint density at radius 1 is 0.833 bits per heavy atom. The summed E-state index contributed by atoms with van der Waals surface area (Å²) >= 11 is 0. The molecule has 0 heterocycles. The van der Waals surface area contributed by atoms with Crippen LogP contribution in [0.3, 0.4) is 0 Å². The molecule has 130 valence electrons. The van der Waals surface area contributed by atoms with E-state index >= 15 is 0 Å². The summed E-state index contributed by atoms with van der Waals surface area (Å²) in [5.74, 6) is 0. The minimum absolute atomic E-state index is 0.0281. The van der Waals surface area contributed by atoms with Gasteiger partial charge in [0.15, 0.2) is 0 Å². The largest absolute Gasteiger partial charge is 0.308 e. The normalized spacial score (nSPS) is 12.3. The molecule has 2 rings (SSSR count). The van der Waals surface area contributed by atoms with E-state index in [-0.39, 0.29) is 17.0 Å². The molecule has 0 aromatic heterocycles. The highest BCUT2D eigenvalue weighted by Crippen LogP contribution is 2.12. The second kappa shape index (κ2) is 7.47. The molecular weight excluding hydrogens is 320 g/mol. The molecule has 0 amide bonds. The van der Waals surface area contributed by atoms with Crippen molar-refractivity contribution in [2.24, 2.45) is 0 Å². The van der Waals surface area contributed by atoms with Crippen LogP contribution >= 0.6 is 0 Å². The third kappa shape index (κ3) is 5.74. The summed E-state index contributed by atoms with van der Waals surface area (Å²) in [6, 6.07) is 14.8. The number of sulfonamides is 1. The highest BCUT2D eigenvalue weighted by Gasteiger charge is 2.14. The zero-order valence-electron chi connectivity index (χ0n) is 14.8. The maximum absolute atomic E-state index is 12.4. The van der Waals surface area contributed by atoms with Crippen LogP contribution in [0.5, 0.6) is 0 Å². The monoisotopic (exact) mass is 346 g/mol. The Kier molecular flexibility index (Phi) is 5.80. The Balaban J connectivity index is 1.99. The number of hydrogen-bond acceptors (Lipinski definition) is 3. The van der Waals surface area contributed by atoms with Gasteiger partial charge in [-0.3, -0.25) is 0 Å². The van der Waals surface area contributed by atoms with E-state index in [1.807, 2.05) is 43.3 Å². The Labute approximate surface area is 145 Å². The summed E-state index contributed by atoms with van der Waals surface area (Å²) < 4.78 is 27.4. The molecule has 0 bridgehead atoms. The molecule has 0 aliphatic heterocycles. The maximum Gasteiger partial charge on any atom is 0.240 e. The average molecular weight is 346 g/mol. The lowest BCUT2D eigenvalue weighted by Crippen LogP contribution is -2.35. The first-order chi connectivity index (χ1) is 11.2. The van der Waals surface area contributed by atoms with Crippen molar-refractivity contribution in [3.8, 4) is 0 Å². The SMILES string of the molecule is Cc1ccc(CNS(=O)(=O)c2ccc(CNC(C)(C)C)cc2)cc1. The van der Waals surface area contributed by atoms with E-state index in [2.05, 4.69) is 30.8 Å². The molecule has 2 N–H and O–H groups in total. The van der Waals surface area contributed by atoms with Crippen LogP contribution in [-0.4, -0.2) is 14.0 Å². The van der Waals surface area contributed by atoms with E-state index in [0.717, 1.165) is 16.7 Å². The van der Waals surface area contributed by atoms with Gasteiger partial charge in [0, 0.05) is 18.6 Å². The second-order valence-corrected chi connectivity index (χ2v) is 8.82. The van der Waals surface area contributed by atoms with Gasteiger partial charge in [0.05, 0.1) is 4.90 Å². The van der Waals surface area contributed by atoms with Crippen molar-refractivity contribution in [2.45, 2.75) is 51.2 Å². The molecule has 0 atom stereocenters. The fourth-order valence-corrected chi connectivity index (χ4v) is 3.14. The van der Waals surface area contributed by atoms with E-state index in [9.17, 15) is 8.42 Å². The maximum atomic E-state index is 12.4. The van der Waals surface area contributed by atoms with Crippen molar-refractivity contribution in [3.05, 3.63) is 65.2 Å². The summed E-state index contributed by atoms with van der Waals surface area (Å²) in [6.45, 7) is 9.29. The van der Waals surface area contributed by atoms with Crippen LogP contribution in [0.4, 0.5) is 0 Å². The van der Waals surface area contributed by atoms with Crippen LogP contribution in [0.1, 0.15) is 37.5 Å². The number of nitrogens with one attached hydrogen (secondary N) is 2. The lowest BCUT2D eigenvalue weighted by atomic mass is 10.1. The average Bonchev–Trinajstić information content (AvgIpc) is 2.52. The predicted octanol–water partition coefficient (Wildman–Crippen LogP) is 3.36. The fourth-order valence-electron chi connectivity index (χ4n) is 2.12. The Morgan fingerprint density at radius 2 is 1.33 bits per heavy atom. The van der Waals surface area contributed by atoms with Crippen LogP contribution in [0, 0.1) is 6.92 Å². The van der Waals surface area contributed by atoms with Crippen molar-refractivity contribution >= 4 is 10.0 Å². The first-order valence-electron chi connectivity index (χ1n) is 8.05. The Morgan fingerprint density at radius 3 is 1.88 bits per heavy atom. The highest BCUT2D eigenvalue weighted by molar-refractivity contribution is 7.89. The Bertz CT molecular complexity index is 759. The topological polar surface area (TPSA) is 58.2 Å². The summed E-state index contributed by atoms with van der Waals surface area (Å²) in [7, 11) is -3.50. The van der Waals surface area contributed by atoms with Crippen molar-refractivity contribution in [3.63, 3.8) is 0 Å². The molecule has 0 aliphatic rings. The molecule has 0 unspecified atom stereocenters. The molecule has 2 aromatic rings. The fraction of sp³-hybridized carbons (Fsp3) is 0.368. The molecule has 5 heteroatoms. The van der Waals surface area contributed by atoms with Gasteiger partial charge in [-0.1, -0.05) is 42.0 Å². The predicted molar refractivity (Wildman–Crippen MR) is 98.2 cm³/mol. The van der Waals surface area contributed by atoms with Gasteiger partial charge in [-0.05, 0) is 51.0 Å². The minimum Gasteiger partial charge on any atom is -0.308 e. The van der Waals surface area contributed by atoms with Crippen molar-refractivity contribution in [1.82, 2.24) is 10.0 Å². The standard InChI is InChI=1S/C19H26N2O2S/c1-15-5-7-17(8-6-15)14-21-24(22,23)18-11-9-16(10-12-18)13-20-19(2,3)4/h5-12,20-21H,13-14H2,1-4H3. The van der Waals surface area contributed by atoms with Crippen LogP contribution < -0.4 is 10.0 Å². The molecular formula is C19H26N2O2S. The molecule has 4 nitrogen and oxygen atoms in total. The molecule has 24 heavy (non-hydrogen) atoms. The van der Waals surface area contributed by atoms with E-state index in [1.54, 1.807) is 12.1 Å². The van der Waals surface area contributed by atoms with Gasteiger partial charge in [-0.15, -0.1) is 0 Å². The van der Waals surface area contributed by atoms with Crippen molar-refractivity contribution < 1.29 is 8.42 Å². The third-order valence-electron chi connectivity index (χ3n) is 3.64. The van der Waals surface area contributed by atoms with E-state index in [1.165, 1.54) is 0 Å². The van der Waals surface area contributed by atoms with Crippen molar-refractivity contribution in [1.29, 1.82) is 0 Å². The number of benzene rings is 2. The summed E-state index contributed by atoms with van der Waals surface area (Å²) in [5, 5.41) is 3.38. The number of aryl methyl sites for hydroxylation is 1. The van der Waals surface area contributed by atoms with Crippen molar-refractivity contribution in [2.75, 3.05) is 0 Å². The molecule has 0 saturated heterocycles. The molecule has 2 aromatic carbocycles. The lowest BCUT2D eigenvalue weighted by Gasteiger charge is -2.20. The van der Waals surface area contributed by atoms with Crippen LogP contribution in [0.15, 0.2) is 53.4 Å². The Hall–Kier alpha value is -1.69. The summed E-state index contributed by atoms with van der Waals surface area (Å²) in [5.41, 5.74) is 3.18. The van der Waals surface area contributed by atoms with Gasteiger partial charge < -0.3 is 5.32 Å². The number of hydrogen-bond donors (Lipinski definition) is 2. The zero-order valence-corrected chi connectivity index (χ0v) is 15.6.